The average Bonchev–Trinajstić information content (AvgIpc) is 2.71. The molecule has 0 fully saturated rings. The van der Waals surface area contributed by atoms with Crippen molar-refractivity contribution in [1.29, 1.82) is 0 Å². The quantitative estimate of drug-likeness (QED) is 0.843. The molecular weight excluding hydrogens is 266 g/mol. The Hall–Kier alpha value is -1.14. The van der Waals surface area contributed by atoms with Crippen molar-refractivity contribution < 1.29 is 18.2 Å². The molecule has 19 heavy (non-hydrogen) atoms. The molecule has 2 atom stereocenters. The van der Waals surface area contributed by atoms with E-state index in [1.54, 1.807) is 26.0 Å². The van der Waals surface area contributed by atoms with Crippen molar-refractivity contribution in [2.45, 2.75) is 45.4 Å². The minimum Gasteiger partial charge on any atom is -0.464 e. The van der Waals surface area contributed by atoms with Gasteiger partial charge in [-0.3, -0.25) is 0 Å². The molecule has 0 amide bonds. The summed E-state index contributed by atoms with van der Waals surface area (Å²) >= 11 is 0. The first-order valence-corrected chi connectivity index (χ1v) is 7.31. The summed E-state index contributed by atoms with van der Waals surface area (Å²) in [7, 11) is -1.39. The van der Waals surface area contributed by atoms with Crippen molar-refractivity contribution in [2.75, 3.05) is 6.61 Å². The normalized spacial score (nSPS) is 15.0. The third kappa shape index (κ3) is 4.47. The Kier molecular flexibility index (Phi) is 5.31. The van der Waals surface area contributed by atoms with E-state index in [0.29, 0.717) is 11.5 Å². The van der Waals surface area contributed by atoms with Gasteiger partial charge in [-0.05, 0) is 46.8 Å². The molecule has 1 aromatic heterocycles. The number of esters is 1. The van der Waals surface area contributed by atoms with Gasteiger partial charge in [0.1, 0.15) is 11.5 Å². The van der Waals surface area contributed by atoms with Gasteiger partial charge in [0.25, 0.3) is 0 Å². The summed E-state index contributed by atoms with van der Waals surface area (Å²) in [5, 5.41) is 0. The zero-order valence-corrected chi connectivity index (χ0v) is 12.8. The van der Waals surface area contributed by atoms with E-state index < -0.39 is 27.7 Å². The number of carbonyl (C=O) groups excluding carboxylic acids is 1. The highest BCUT2D eigenvalue weighted by Crippen LogP contribution is 2.21. The van der Waals surface area contributed by atoms with Crippen LogP contribution < -0.4 is 4.72 Å². The van der Waals surface area contributed by atoms with Crippen LogP contribution in [0.25, 0.3) is 0 Å². The number of rotatable bonds is 5. The number of carbonyl (C=O) groups is 1. The summed E-state index contributed by atoms with van der Waals surface area (Å²) in [4.78, 5) is 11.9. The van der Waals surface area contributed by atoms with Gasteiger partial charge in [-0.15, -0.1) is 0 Å². The maximum absolute atomic E-state index is 12.1. The molecule has 1 aromatic rings. The van der Waals surface area contributed by atoms with Gasteiger partial charge in [0.2, 0.25) is 0 Å². The number of nitrogens with one attached hydrogen (secondary N) is 1. The largest absolute Gasteiger partial charge is 0.464 e. The van der Waals surface area contributed by atoms with Gasteiger partial charge in [0.05, 0.1) is 22.3 Å². The van der Waals surface area contributed by atoms with Crippen molar-refractivity contribution in [1.82, 2.24) is 4.72 Å². The van der Waals surface area contributed by atoms with Crippen molar-refractivity contribution in [3.05, 3.63) is 23.7 Å². The third-order valence-corrected chi connectivity index (χ3v) is 3.91. The van der Waals surface area contributed by atoms with Crippen LogP contribution in [-0.4, -0.2) is 21.5 Å². The van der Waals surface area contributed by atoms with Gasteiger partial charge < -0.3 is 9.15 Å². The van der Waals surface area contributed by atoms with Gasteiger partial charge in [-0.2, -0.15) is 0 Å². The fourth-order valence-corrected chi connectivity index (χ4v) is 2.12. The van der Waals surface area contributed by atoms with Crippen molar-refractivity contribution in [3.63, 3.8) is 0 Å². The molecule has 0 aliphatic heterocycles. The topological polar surface area (TPSA) is 68.5 Å². The monoisotopic (exact) mass is 287 g/mol. The van der Waals surface area contributed by atoms with Crippen molar-refractivity contribution >= 4 is 17.0 Å². The zero-order valence-electron chi connectivity index (χ0n) is 12.0. The van der Waals surface area contributed by atoms with Crippen LogP contribution in [0.3, 0.4) is 0 Å². The number of ether oxygens (including phenoxy) is 1. The smallest absolute Gasteiger partial charge is 0.331 e. The number of aryl methyl sites for hydroxylation is 1. The Morgan fingerprint density at radius 2 is 2.11 bits per heavy atom. The summed E-state index contributed by atoms with van der Waals surface area (Å²) in [5.74, 6) is 0.607. The Labute approximate surface area is 116 Å². The zero-order chi connectivity index (χ0) is 14.6. The van der Waals surface area contributed by atoms with Gasteiger partial charge in [0, 0.05) is 0 Å². The van der Waals surface area contributed by atoms with E-state index in [-0.39, 0.29) is 6.61 Å². The highest BCUT2D eigenvalue weighted by Gasteiger charge is 2.30. The molecule has 0 radical (unpaired) electrons. The van der Waals surface area contributed by atoms with Crippen molar-refractivity contribution in [2.24, 2.45) is 0 Å². The summed E-state index contributed by atoms with van der Waals surface area (Å²) in [6, 6.07) is 2.58. The number of hydrogen-bond acceptors (Lipinski definition) is 4. The molecule has 0 aliphatic carbocycles. The maximum Gasteiger partial charge on any atom is 0.331 e. The van der Waals surface area contributed by atoms with Crippen LogP contribution in [0.4, 0.5) is 0 Å². The first-order valence-electron chi connectivity index (χ1n) is 6.16. The van der Waals surface area contributed by atoms with Crippen LogP contribution in [0.2, 0.25) is 0 Å². The van der Waals surface area contributed by atoms with Crippen molar-refractivity contribution in [3.8, 4) is 0 Å². The predicted molar refractivity (Wildman–Crippen MR) is 73.9 cm³/mol. The molecule has 1 heterocycles. The molecule has 0 spiro atoms. The molecule has 6 heteroatoms. The summed E-state index contributed by atoms with van der Waals surface area (Å²) < 4.78 is 24.8. The predicted octanol–water partition coefficient (Wildman–Crippen LogP) is 2.24. The molecule has 0 saturated carbocycles. The molecule has 0 bridgehead atoms. The average molecular weight is 287 g/mol. The molecule has 0 aliphatic rings. The minimum atomic E-state index is -1.39. The lowest BCUT2D eigenvalue weighted by molar-refractivity contribution is -0.145. The van der Waals surface area contributed by atoms with E-state index in [4.69, 9.17) is 9.15 Å². The fourth-order valence-electron chi connectivity index (χ4n) is 1.34. The highest BCUT2D eigenvalue weighted by molar-refractivity contribution is 7.84. The lowest BCUT2D eigenvalue weighted by Crippen LogP contribution is -2.39. The molecule has 0 unspecified atom stereocenters. The maximum atomic E-state index is 12.1. The number of furan rings is 1. The first kappa shape index (κ1) is 15.9. The third-order valence-electron chi connectivity index (χ3n) is 2.35. The van der Waals surface area contributed by atoms with Crippen LogP contribution in [0.15, 0.2) is 16.5 Å². The van der Waals surface area contributed by atoms with E-state index in [1.807, 2.05) is 20.8 Å². The lowest BCUT2D eigenvalue weighted by Gasteiger charge is -2.22. The van der Waals surface area contributed by atoms with Crippen LogP contribution in [-0.2, 0) is 20.5 Å². The molecule has 108 valence electrons. The first-order chi connectivity index (χ1) is 8.75. The van der Waals surface area contributed by atoms with Gasteiger partial charge in [0.15, 0.2) is 6.04 Å². The fraction of sp³-hybridized carbons (Fsp3) is 0.615. The Morgan fingerprint density at radius 1 is 1.47 bits per heavy atom. The Balaban J connectivity index is 2.94. The van der Waals surface area contributed by atoms with E-state index in [1.165, 1.54) is 0 Å². The summed E-state index contributed by atoms with van der Waals surface area (Å²) in [6.07, 6.45) is 0. The summed E-state index contributed by atoms with van der Waals surface area (Å²) in [5.41, 5.74) is 0. The molecule has 5 nitrogen and oxygen atoms in total. The van der Waals surface area contributed by atoms with Crippen LogP contribution in [0, 0.1) is 6.92 Å². The minimum absolute atomic E-state index is 0.263. The van der Waals surface area contributed by atoms with E-state index >= 15 is 0 Å². The Bertz CT molecular complexity index is 461. The lowest BCUT2D eigenvalue weighted by atomic mass is 10.2. The number of hydrogen-bond donors (Lipinski definition) is 1. The van der Waals surface area contributed by atoms with Crippen LogP contribution >= 0.6 is 0 Å². The SMILES string of the molecule is CCOC(=O)[C@H](N[S@](=O)C(C)(C)C)c1ccc(C)o1. The van der Waals surface area contributed by atoms with Gasteiger partial charge >= 0.3 is 5.97 Å². The van der Waals surface area contributed by atoms with Gasteiger partial charge in [-0.25, -0.2) is 13.7 Å². The molecule has 1 rings (SSSR count). The second-order valence-electron chi connectivity index (χ2n) is 5.13. The van der Waals surface area contributed by atoms with Crippen LogP contribution in [0.1, 0.15) is 45.3 Å². The van der Waals surface area contributed by atoms with E-state index in [2.05, 4.69) is 4.72 Å². The molecular formula is C13H21NO4S. The highest BCUT2D eigenvalue weighted by atomic mass is 32.2. The standard InChI is InChI=1S/C13H21NO4S/c1-6-17-12(15)11(10-8-7-9(2)18-10)14-19(16)13(3,4)5/h7-8,11,14H,6H2,1-5H3/t11-,19-/m1/s1. The van der Waals surface area contributed by atoms with E-state index in [0.717, 1.165) is 0 Å². The second-order valence-corrected chi connectivity index (χ2v) is 7.13. The van der Waals surface area contributed by atoms with E-state index in [9.17, 15) is 9.00 Å². The van der Waals surface area contributed by atoms with Gasteiger partial charge in [-0.1, -0.05) is 0 Å². The Morgan fingerprint density at radius 3 is 2.53 bits per heavy atom. The van der Waals surface area contributed by atoms with Crippen LogP contribution in [0.5, 0.6) is 0 Å². The molecule has 1 N–H and O–H groups in total. The second kappa shape index (κ2) is 6.34. The summed E-state index contributed by atoms with van der Waals surface area (Å²) in [6.45, 7) is 9.25. The molecule has 0 aromatic carbocycles. The molecule has 0 saturated heterocycles.